The average Bonchev–Trinajstić information content (AvgIpc) is 2.50. The van der Waals surface area contributed by atoms with Gasteiger partial charge >= 0.3 is 0 Å². The Morgan fingerprint density at radius 3 is 2.04 bits per heavy atom. The maximum absolute atomic E-state index is 12.3. The standard InChI is InChI=1S/C18H37N2O2.ClH/c1-4-5-6-7-8-9-10-11-14-20(2,3)17-18(21)19-12-15-22-16-13-19;/h4-17H2,1-3H3;1H/q+1;/p-1. The van der Waals surface area contributed by atoms with Crippen LogP contribution in [0, 0.1) is 0 Å². The number of unbranched alkanes of at least 4 members (excludes halogenated alkanes) is 7. The van der Waals surface area contributed by atoms with E-state index in [1.54, 1.807) is 0 Å². The van der Waals surface area contributed by atoms with Gasteiger partial charge in [0, 0.05) is 13.1 Å². The van der Waals surface area contributed by atoms with Gasteiger partial charge in [-0.2, -0.15) is 0 Å². The van der Waals surface area contributed by atoms with Crippen molar-refractivity contribution in [2.75, 3.05) is 53.5 Å². The van der Waals surface area contributed by atoms with Crippen molar-refractivity contribution in [2.45, 2.75) is 58.3 Å². The number of rotatable bonds is 11. The molecule has 1 aliphatic rings. The van der Waals surface area contributed by atoms with Gasteiger partial charge < -0.3 is 26.5 Å². The van der Waals surface area contributed by atoms with Gasteiger partial charge in [-0.3, -0.25) is 4.79 Å². The number of hydrogen-bond acceptors (Lipinski definition) is 2. The molecule has 1 amide bonds. The maximum atomic E-state index is 12.3. The molecule has 0 spiro atoms. The molecule has 0 aromatic rings. The van der Waals surface area contributed by atoms with Gasteiger partial charge in [0.1, 0.15) is 0 Å². The number of morpholine rings is 1. The zero-order chi connectivity index (χ0) is 16.3. The van der Waals surface area contributed by atoms with Crippen LogP contribution in [0.4, 0.5) is 0 Å². The van der Waals surface area contributed by atoms with Crippen molar-refractivity contribution in [3.8, 4) is 0 Å². The van der Waals surface area contributed by atoms with E-state index in [4.69, 9.17) is 4.74 Å². The molecule has 0 aromatic heterocycles. The molecular weight excluding hydrogens is 312 g/mol. The molecule has 138 valence electrons. The summed E-state index contributed by atoms with van der Waals surface area (Å²) in [4.78, 5) is 14.3. The Morgan fingerprint density at radius 1 is 0.957 bits per heavy atom. The number of ether oxygens (including phenoxy) is 1. The van der Waals surface area contributed by atoms with Gasteiger partial charge in [-0.25, -0.2) is 0 Å². The first-order valence-electron chi connectivity index (χ1n) is 9.23. The highest BCUT2D eigenvalue weighted by atomic mass is 35.5. The van der Waals surface area contributed by atoms with Crippen LogP contribution in [0.25, 0.3) is 0 Å². The van der Waals surface area contributed by atoms with Crippen molar-refractivity contribution in [1.29, 1.82) is 0 Å². The number of likely N-dealkylation sites (N-methyl/N-ethyl adjacent to an activating group) is 1. The van der Waals surface area contributed by atoms with Crippen LogP contribution in [-0.2, 0) is 9.53 Å². The third kappa shape index (κ3) is 11.0. The minimum absolute atomic E-state index is 0. The molecule has 0 N–H and O–H groups in total. The topological polar surface area (TPSA) is 29.5 Å². The summed E-state index contributed by atoms with van der Waals surface area (Å²) in [5.74, 6) is 0.285. The van der Waals surface area contributed by atoms with Crippen LogP contribution < -0.4 is 12.4 Å². The molecule has 1 fully saturated rings. The fourth-order valence-corrected chi connectivity index (χ4v) is 3.03. The molecule has 0 unspecified atom stereocenters. The van der Waals surface area contributed by atoms with Crippen LogP contribution >= 0.6 is 0 Å². The number of amides is 1. The van der Waals surface area contributed by atoms with Crippen LogP contribution in [0.1, 0.15) is 58.3 Å². The number of carbonyl (C=O) groups is 1. The van der Waals surface area contributed by atoms with Crippen LogP contribution in [0.2, 0.25) is 0 Å². The predicted molar refractivity (Wildman–Crippen MR) is 91.9 cm³/mol. The molecule has 0 bridgehead atoms. The first kappa shape index (κ1) is 22.7. The Bertz CT molecular complexity index is 305. The summed E-state index contributed by atoms with van der Waals surface area (Å²) in [6.45, 7) is 6.89. The van der Waals surface area contributed by atoms with E-state index >= 15 is 0 Å². The zero-order valence-corrected chi connectivity index (χ0v) is 16.2. The van der Waals surface area contributed by atoms with E-state index in [-0.39, 0.29) is 18.3 Å². The second-order valence-electron chi connectivity index (χ2n) is 7.29. The molecule has 4 nitrogen and oxygen atoms in total. The molecule has 1 rings (SSSR count). The number of quaternary nitrogens is 1. The Labute approximate surface area is 149 Å². The number of nitrogens with zero attached hydrogens (tertiary/aromatic N) is 2. The fourth-order valence-electron chi connectivity index (χ4n) is 3.03. The van der Waals surface area contributed by atoms with Crippen molar-refractivity contribution >= 4 is 5.91 Å². The molecule has 0 aliphatic carbocycles. The summed E-state index contributed by atoms with van der Waals surface area (Å²) >= 11 is 0. The molecular formula is C18H37ClN2O2. The van der Waals surface area contributed by atoms with E-state index in [1.165, 1.54) is 51.4 Å². The third-order valence-electron chi connectivity index (χ3n) is 4.54. The van der Waals surface area contributed by atoms with Gasteiger partial charge in [-0.15, -0.1) is 0 Å². The van der Waals surface area contributed by atoms with Gasteiger partial charge in [0.25, 0.3) is 5.91 Å². The van der Waals surface area contributed by atoms with E-state index in [0.717, 1.165) is 24.1 Å². The van der Waals surface area contributed by atoms with Crippen LogP contribution in [-0.4, -0.2) is 68.8 Å². The minimum Gasteiger partial charge on any atom is -1.00 e. The first-order chi connectivity index (χ1) is 10.5. The van der Waals surface area contributed by atoms with Crippen LogP contribution in [0.3, 0.4) is 0 Å². The summed E-state index contributed by atoms with van der Waals surface area (Å²) in [7, 11) is 4.36. The summed E-state index contributed by atoms with van der Waals surface area (Å²) < 4.78 is 6.12. The number of carbonyl (C=O) groups excluding carboxylic acids is 1. The molecule has 5 heteroatoms. The molecule has 1 saturated heterocycles. The van der Waals surface area contributed by atoms with E-state index in [1.807, 2.05) is 4.90 Å². The molecule has 0 atom stereocenters. The highest BCUT2D eigenvalue weighted by molar-refractivity contribution is 5.77. The first-order valence-corrected chi connectivity index (χ1v) is 9.23. The van der Waals surface area contributed by atoms with Crippen molar-refractivity contribution in [3.63, 3.8) is 0 Å². The average molecular weight is 349 g/mol. The molecule has 0 radical (unpaired) electrons. The van der Waals surface area contributed by atoms with E-state index in [9.17, 15) is 4.79 Å². The Hall–Kier alpha value is -0.320. The summed E-state index contributed by atoms with van der Waals surface area (Å²) in [5.41, 5.74) is 0. The highest BCUT2D eigenvalue weighted by Crippen LogP contribution is 2.11. The SMILES string of the molecule is CCCCCCCCCC[N+](C)(C)CC(=O)N1CCOCC1.[Cl-]. The van der Waals surface area contributed by atoms with Crippen molar-refractivity contribution < 1.29 is 26.4 Å². The number of halogens is 1. The van der Waals surface area contributed by atoms with Crippen molar-refractivity contribution in [1.82, 2.24) is 4.90 Å². The smallest absolute Gasteiger partial charge is 0.277 e. The zero-order valence-electron chi connectivity index (χ0n) is 15.5. The fraction of sp³-hybridized carbons (Fsp3) is 0.944. The lowest BCUT2D eigenvalue weighted by molar-refractivity contribution is -0.883. The second-order valence-corrected chi connectivity index (χ2v) is 7.29. The normalized spacial score (nSPS) is 15.3. The minimum atomic E-state index is 0. The summed E-state index contributed by atoms with van der Waals surface area (Å²) in [5, 5.41) is 0. The van der Waals surface area contributed by atoms with Gasteiger partial charge in [-0.1, -0.05) is 45.4 Å². The maximum Gasteiger partial charge on any atom is 0.277 e. The van der Waals surface area contributed by atoms with Crippen molar-refractivity contribution in [3.05, 3.63) is 0 Å². The van der Waals surface area contributed by atoms with Crippen molar-refractivity contribution in [2.24, 2.45) is 0 Å². The predicted octanol–water partition coefficient (Wildman–Crippen LogP) is 0.0663. The van der Waals surface area contributed by atoms with Crippen LogP contribution in [0.15, 0.2) is 0 Å². The largest absolute Gasteiger partial charge is 1.00 e. The van der Waals surface area contributed by atoms with E-state index in [2.05, 4.69) is 21.0 Å². The molecule has 0 aromatic carbocycles. The highest BCUT2D eigenvalue weighted by Gasteiger charge is 2.25. The third-order valence-corrected chi connectivity index (χ3v) is 4.54. The molecule has 1 heterocycles. The lowest BCUT2D eigenvalue weighted by atomic mass is 10.1. The van der Waals surface area contributed by atoms with Gasteiger partial charge in [-0.05, 0) is 12.8 Å². The summed E-state index contributed by atoms with van der Waals surface area (Å²) in [6.07, 6.45) is 10.8. The monoisotopic (exact) mass is 348 g/mol. The second kappa shape index (κ2) is 13.0. The van der Waals surface area contributed by atoms with Gasteiger partial charge in [0.2, 0.25) is 0 Å². The van der Waals surface area contributed by atoms with Crippen LogP contribution in [0.5, 0.6) is 0 Å². The Balaban J connectivity index is 0.00000484. The van der Waals surface area contributed by atoms with E-state index in [0.29, 0.717) is 19.8 Å². The van der Waals surface area contributed by atoms with E-state index < -0.39 is 0 Å². The Morgan fingerprint density at radius 2 is 1.48 bits per heavy atom. The quantitative estimate of drug-likeness (QED) is 0.390. The molecule has 0 saturated carbocycles. The lowest BCUT2D eigenvalue weighted by Crippen LogP contribution is -3.00. The summed E-state index contributed by atoms with van der Waals surface area (Å²) in [6, 6.07) is 0. The Kier molecular flexibility index (Phi) is 12.8. The molecule has 1 aliphatic heterocycles. The van der Waals surface area contributed by atoms with Gasteiger partial charge in [0.05, 0.1) is 33.9 Å². The molecule has 23 heavy (non-hydrogen) atoms. The number of hydrogen-bond donors (Lipinski definition) is 0. The van der Waals surface area contributed by atoms with Gasteiger partial charge in [0.15, 0.2) is 6.54 Å². The lowest BCUT2D eigenvalue weighted by Gasteiger charge is -2.33.